The molecule has 0 fully saturated rings. The fourth-order valence-electron chi connectivity index (χ4n) is 2.37. The second-order valence-electron chi connectivity index (χ2n) is 4.07. The number of hydrogen-bond donors (Lipinski definition) is 2. The maximum absolute atomic E-state index is 9.49. The van der Waals surface area contributed by atoms with E-state index in [-0.39, 0.29) is 5.41 Å². The molecule has 1 aliphatic rings. The lowest BCUT2D eigenvalue weighted by Crippen LogP contribution is -2.26. The first-order valence-electron chi connectivity index (χ1n) is 5.29. The molecular formula is C12H17NO. The van der Waals surface area contributed by atoms with Gasteiger partial charge in [-0.2, -0.15) is 0 Å². The van der Waals surface area contributed by atoms with Crippen LogP contribution in [0, 0.1) is 0 Å². The van der Waals surface area contributed by atoms with Gasteiger partial charge in [0.15, 0.2) is 0 Å². The summed E-state index contributed by atoms with van der Waals surface area (Å²) in [5.74, 6) is 0.374. The van der Waals surface area contributed by atoms with Crippen LogP contribution in [0.4, 0.5) is 5.69 Å². The number of hydrogen-bond acceptors (Lipinski definition) is 2. The molecule has 0 bridgehead atoms. The lowest BCUT2D eigenvalue weighted by atomic mass is 9.77. The van der Waals surface area contributed by atoms with Crippen LogP contribution >= 0.6 is 0 Å². The Kier molecular flexibility index (Phi) is 2.14. The van der Waals surface area contributed by atoms with Gasteiger partial charge in [-0.25, -0.2) is 0 Å². The Labute approximate surface area is 85.0 Å². The van der Waals surface area contributed by atoms with Crippen LogP contribution in [-0.2, 0) is 5.41 Å². The molecule has 2 N–H and O–H groups in total. The second-order valence-corrected chi connectivity index (χ2v) is 4.07. The van der Waals surface area contributed by atoms with Crippen LogP contribution in [0.3, 0.4) is 0 Å². The normalized spacial score (nSPS) is 17.6. The summed E-state index contributed by atoms with van der Waals surface area (Å²) in [6.45, 7) is 5.42. The van der Waals surface area contributed by atoms with Crippen LogP contribution in [0.1, 0.15) is 32.3 Å². The first-order valence-corrected chi connectivity index (χ1v) is 5.29. The SMILES string of the molecule is CCC1(CC)CNc2ccc(O)cc21. The van der Waals surface area contributed by atoms with E-state index >= 15 is 0 Å². The average molecular weight is 191 g/mol. The minimum absolute atomic E-state index is 0.230. The molecule has 76 valence electrons. The Bertz CT molecular complexity index is 342. The van der Waals surface area contributed by atoms with E-state index in [2.05, 4.69) is 19.2 Å². The monoisotopic (exact) mass is 191 g/mol. The minimum Gasteiger partial charge on any atom is -0.508 e. The molecule has 2 heteroatoms. The molecule has 0 aliphatic carbocycles. The summed E-state index contributed by atoms with van der Waals surface area (Å²) in [7, 11) is 0. The Balaban J connectivity index is 2.51. The first-order chi connectivity index (χ1) is 6.72. The summed E-state index contributed by atoms with van der Waals surface area (Å²) in [4.78, 5) is 0. The Morgan fingerprint density at radius 3 is 2.71 bits per heavy atom. The highest BCUT2D eigenvalue weighted by Gasteiger charge is 2.35. The molecule has 0 amide bonds. The van der Waals surface area contributed by atoms with Crippen LogP contribution in [-0.4, -0.2) is 11.7 Å². The Morgan fingerprint density at radius 1 is 1.36 bits per heavy atom. The third-order valence-corrected chi connectivity index (χ3v) is 3.55. The predicted octanol–water partition coefficient (Wildman–Crippen LogP) is 2.88. The van der Waals surface area contributed by atoms with Gasteiger partial charge in [0.1, 0.15) is 5.75 Å². The number of aromatic hydroxyl groups is 1. The van der Waals surface area contributed by atoms with Gasteiger partial charge in [-0.3, -0.25) is 0 Å². The van der Waals surface area contributed by atoms with Crippen molar-refractivity contribution in [3.63, 3.8) is 0 Å². The van der Waals surface area contributed by atoms with Crippen molar-refractivity contribution in [1.82, 2.24) is 0 Å². The zero-order chi connectivity index (χ0) is 10.2. The van der Waals surface area contributed by atoms with Gasteiger partial charge in [-0.15, -0.1) is 0 Å². The van der Waals surface area contributed by atoms with Crippen molar-refractivity contribution in [3.05, 3.63) is 23.8 Å². The lowest BCUT2D eigenvalue weighted by Gasteiger charge is -2.26. The van der Waals surface area contributed by atoms with E-state index in [0.29, 0.717) is 5.75 Å². The highest BCUT2D eigenvalue weighted by molar-refractivity contribution is 5.62. The first kappa shape index (κ1) is 9.38. The van der Waals surface area contributed by atoms with Crippen LogP contribution < -0.4 is 5.32 Å². The lowest BCUT2D eigenvalue weighted by molar-refractivity contribution is 0.431. The van der Waals surface area contributed by atoms with Crippen molar-refractivity contribution in [2.75, 3.05) is 11.9 Å². The highest BCUT2D eigenvalue weighted by Crippen LogP contribution is 2.42. The zero-order valence-corrected chi connectivity index (χ0v) is 8.80. The van der Waals surface area contributed by atoms with E-state index in [1.54, 1.807) is 6.07 Å². The smallest absolute Gasteiger partial charge is 0.116 e. The quantitative estimate of drug-likeness (QED) is 0.704. The largest absolute Gasteiger partial charge is 0.508 e. The minimum atomic E-state index is 0.230. The van der Waals surface area contributed by atoms with Crippen molar-refractivity contribution in [2.24, 2.45) is 0 Å². The van der Waals surface area contributed by atoms with E-state index in [1.165, 1.54) is 11.3 Å². The van der Waals surface area contributed by atoms with Gasteiger partial charge in [-0.1, -0.05) is 13.8 Å². The van der Waals surface area contributed by atoms with E-state index in [9.17, 15) is 5.11 Å². The summed E-state index contributed by atoms with van der Waals surface area (Å²) < 4.78 is 0. The molecule has 0 saturated heterocycles. The van der Waals surface area contributed by atoms with Gasteiger partial charge in [0.05, 0.1) is 0 Å². The molecule has 0 radical (unpaired) electrons. The Hall–Kier alpha value is -1.18. The van der Waals surface area contributed by atoms with Gasteiger partial charge in [0.25, 0.3) is 0 Å². The van der Waals surface area contributed by atoms with E-state index in [1.807, 2.05) is 12.1 Å². The van der Waals surface area contributed by atoms with E-state index < -0.39 is 0 Å². The number of nitrogens with one attached hydrogen (secondary N) is 1. The third-order valence-electron chi connectivity index (χ3n) is 3.55. The molecule has 0 atom stereocenters. The van der Waals surface area contributed by atoms with Gasteiger partial charge < -0.3 is 10.4 Å². The molecule has 0 unspecified atom stereocenters. The zero-order valence-electron chi connectivity index (χ0n) is 8.80. The number of anilines is 1. The second kappa shape index (κ2) is 3.19. The van der Waals surface area contributed by atoms with Crippen molar-refractivity contribution in [2.45, 2.75) is 32.1 Å². The third kappa shape index (κ3) is 1.17. The van der Waals surface area contributed by atoms with Gasteiger partial charge in [0, 0.05) is 17.6 Å². The van der Waals surface area contributed by atoms with Gasteiger partial charge in [0.2, 0.25) is 0 Å². The van der Waals surface area contributed by atoms with Gasteiger partial charge in [-0.05, 0) is 36.6 Å². The molecule has 0 saturated carbocycles. The molecular weight excluding hydrogens is 174 g/mol. The summed E-state index contributed by atoms with van der Waals surface area (Å²) >= 11 is 0. The summed E-state index contributed by atoms with van der Waals surface area (Å²) in [6.07, 6.45) is 2.24. The number of phenolic OH excluding ortho intramolecular Hbond substituents is 1. The predicted molar refractivity (Wildman–Crippen MR) is 58.9 cm³/mol. The molecule has 1 aliphatic heterocycles. The number of phenols is 1. The topological polar surface area (TPSA) is 32.3 Å². The fraction of sp³-hybridized carbons (Fsp3) is 0.500. The summed E-state index contributed by atoms with van der Waals surface area (Å²) in [5.41, 5.74) is 2.70. The molecule has 1 aromatic carbocycles. The van der Waals surface area contributed by atoms with Crippen molar-refractivity contribution in [3.8, 4) is 5.75 Å². The van der Waals surface area contributed by atoms with Crippen molar-refractivity contribution in [1.29, 1.82) is 0 Å². The van der Waals surface area contributed by atoms with Crippen LogP contribution in [0.15, 0.2) is 18.2 Å². The number of rotatable bonds is 2. The highest BCUT2D eigenvalue weighted by atomic mass is 16.3. The van der Waals surface area contributed by atoms with Gasteiger partial charge >= 0.3 is 0 Å². The van der Waals surface area contributed by atoms with E-state index in [0.717, 1.165) is 19.4 Å². The van der Waals surface area contributed by atoms with Crippen molar-refractivity contribution >= 4 is 5.69 Å². The van der Waals surface area contributed by atoms with E-state index in [4.69, 9.17) is 0 Å². The summed E-state index contributed by atoms with van der Waals surface area (Å²) in [6, 6.07) is 5.62. The number of fused-ring (bicyclic) bond motifs is 1. The molecule has 0 spiro atoms. The maximum atomic E-state index is 9.49. The summed E-state index contributed by atoms with van der Waals surface area (Å²) in [5, 5.41) is 12.9. The fourth-order valence-corrected chi connectivity index (χ4v) is 2.37. The molecule has 1 aromatic rings. The van der Waals surface area contributed by atoms with Crippen LogP contribution in [0.25, 0.3) is 0 Å². The molecule has 14 heavy (non-hydrogen) atoms. The molecule has 2 nitrogen and oxygen atoms in total. The molecule has 0 aromatic heterocycles. The molecule has 2 rings (SSSR count). The van der Waals surface area contributed by atoms with Crippen LogP contribution in [0.2, 0.25) is 0 Å². The molecule has 1 heterocycles. The van der Waals surface area contributed by atoms with Crippen molar-refractivity contribution < 1.29 is 5.11 Å². The number of benzene rings is 1. The average Bonchev–Trinajstić information content (AvgIpc) is 2.57. The maximum Gasteiger partial charge on any atom is 0.116 e. The Morgan fingerprint density at radius 2 is 2.07 bits per heavy atom. The standard InChI is InChI=1S/C12H17NO/c1-3-12(4-2)8-13-11-6-5-9(14)7-10(11)12/h5-7,13-14H,3-4,8H2,1-2H3. The van der Waals surface area contributed by atoms with Crippen LogP contribution in [0.5, 0.6) is 5.75 Å².